The fraction of sp³-hybridized carbons (Fsp3) is 0.200. The van der Waals surface area contributed by atoms with E-state index in [9.17, 15) is 17.4 Å². The lowest BCUT2D eigenvalue weighted by atomic mass is 10.2. The van der Waals surface area contributed by atoms with Crippen molar-refractivity contribution < 1.29 is 21.9 Å². The summed E-state index contributed by atoms with van der Waals surface area (Å²) in [6, 6.07) is 5.94. The van der Waals surface area contributed by atoms with E-state index in [4.69, 9.17) is 0 Å². The quantitative estimate of drug-likeness (QED) is 0.797. The molecule has 0 aliphatic heterocycles. The smallest absolute Gasteiger partial charge is 0.444 e. The molecule has 1 heterocycles. The molecule has 102 valence electrons. The highest BCUT2D eigenvalue weighted by atomic mass is 32.2. The Morgan fingerprint density at radius 3 is 2.37 bits per heavy atom. The molecule has 1 aromatic heterocycles. The van der Waals surface area contributed by atoms with Gasteiger partial charge in [-0.25, -0.2) is 0 Å². The Morgan fingerprint density at radius 2 is 1.89 bits per heavy atom. The van der Waals surface area contributed by atoms with Crippen LogP contribution in [0.4, 0.5) is 18.9 Å². The molecule has 0 fully saturated rings. The van der Waals surface area contributed by atoms with Crippen molar-refractivity contribution in [2.45, 2.75) is 6.18 Å². The first-order valence-corrected chi connectivity index (χ1v) is 6.44. The standard InChI is InChI=1S/C10H7F3N3O2S/c1-19(17)16-7-4-2-6(3-5-7)8-14-9(18-15-8)10(11,12)13/h2-5H,1H3/q-1. The highest BCUT2D eigenvalue weighted by Gasteiger charge is 2.38. The minimum Gasteiger partial charge on any atom is -0.444 e. The highest BCUT2D eigenvalue weighted by molar-refractivity contribution is 7.74. The van der Waals surface area contributed by atoms with Gasteiger partial charge in [0.15, 0.2) is 0 Å². The zero-order valence-electron chi connectivity index (χ0n) is 9.51. The lowest BCUT2D eigenvalue weighted by Crippen LogP contribution is -2.04. The molecule has 0 unspecified atom stereocenters. The molecule has 0 N–H and O–H groups in total. The molecule has 0 saturated carbocycles. The first kappa shape index (κ1) is 13.5. The van der Waals surface area contributed by atoms with Crippen molar-refractivity contribution in [2.24, 2.45) is 4.36 Å². The van der Waals surface area contributed by atoms with Crippen molar-refractivity contribution >= 4 is 16.3 Å². The van der Waals surface area contributed by atoms with Crippen molar-refractivity contribution in [1.29, 1.82) is 0 Å². The third kappa shape index (κ3) is 3.31. The highest BCUT2D eigenvalue weighted by Crippen LogP contribution is 2.29. The van der Waals surface area contributed by atoms with Gasteiger partial charge < -0.3 is 13.1 Å². The van der Waals surface area contributed by atoms with Crippen LogP contribution in [-0.2, 0) is 21.0 Å². The second kappa shape index (κ2) is 5.00. The second-order valence-corrected chi connectivity index (χ2v) is 4.51. The minimum absolute atomic E-state index is 0.170. The Bertz CT molecular complexity index is 657. The molecule has 0 spiro atoms. The summed E-state index contributed by atoms with van der Waals surface area (Å²) in [6.07, 6.45) is -3.26. The molecule has 0 amide bonds. The molecule has 2 aromatic rings. The summed E-state index contributed by atoms with van der Waals surface area (Å²) < 4.78 is 55.6. The van der Waals surface area contributed by atoms with E-state index in [2.05, 4.69) is 19.0 Å². The van der Waals surface area contributed by atoms with Crippen molar-refractivity contribution in [2.75, 3.05) is 6.26 Å². The third-order valence-electron chi connectivity index (χ3n) is 2.03. The summed E-state index contributed by atoms with van der Waals surface area (Å²) in [5.41, 5.74) is 0.796. The first-order valence-electron chi connectivity index (χ1n) is 4.93. The molecular formula is C10H7F3N3O2S-. The first-order chi connectivity index (χ1) is 8.86. The van der Waals surface area contributed by atoms with E-state index < -0.39 is 22.7 Å². The number of aromatic nitrogens is 2. The molecule has 9 heteroatoms. The van der Waals surface area contributed by atoms with E-state index in [-0.39, 0.29) is 5.82 Å². The Kier molecular flexibility index (Phi) is 3.56. The van der Waals surface area contributed by atoms with Gasteiger partial charge in [0.1, 0.15) is 0 Å². The summed E-state index contributed by atoms with van der Waals surface area (Å²) in [5, 5.41) is 3.25. The van der Waals surface area contributed by atoms with Crippen LogP contribution in [0.2, 0.25) is 0 Å². The van der Waals surface area contributed by atoms with Crippen LogP contribution in [0.15, 0.2) is 33.2 Å². The normalized spacial score (nSPS) is 13.7. The van der Waals surface area contributed by atoms with Gasteiger partial charge in [-0.15, -0.1) is 6.26 Å². The molecule has 5 nitrogen and oxygen atoms in total. The van der Waals surface area contributed by atoms with Gasteiger partial charge in [0.2, 0.25) is 5.82 Å². The largest absolute Gasteiger partial charge is 0.471 e. The van der Waals surface area contributed by atoms with Crippen molar-refractivity contribution in [1.82, 2.24) is 10.1 Å². The molecule has 2 rings (SSSR count). The molecule has 19 heavy (non-hydrogen) atoms. The van der Waals surface area contributed by atoms with Gasteiger partial charge in [-0.05, 0) is 24.3 Å². The second-order valence-electron chi connectivity index (χ2n) is 3.48. The monoisotopic (exact) mass is 290 g/mol. The van der Waals surface area contributed by atoms with Gasteiger partial charge in [0, 0.05) is 11.3 Å². The van der Waals surface area contributed by atoms with E-state index in [1.807, 2.05) is 0 Å². The zero-order chi connectivity index (χ0) is 14.0. The van der Waals surface area contributed by atoms with Crippen LogP contribution in [0.1, 0.15) is 5.89 Å². The molecule has 0 bridgehead atoms. The fourth-order valence-corrected chi connectivity index (χ4v) is 1.69. The van der Waals surface area contributed by atoms with Crippen LogP contribution in [0, 0.1) is 0 Å². The predicted molar refractivity (Wildman–Crippen MR) is 60.8 cm³/mol. The van der Waals surface area contributed by atoms with Crippen LogP contribution in [0.3, 0.4) is 0 Å². The van der Waals surface area contributed by atoms with Gasteiger partial charge in [0.05, 0.1) is 0 Å². The number of halogens is 3. The molecule has 0 saturated heterocycles. The summed E-state index contributed by atoms with van der Waals surface area (Å²) in [5.74, 6) is -1.57. The zero-order valence-corrected chi connectivity index (χ0v) is 10.3. The van der Waals surface area contributed by atoms with E-state index in [1.165, 1.54) is 30.5 Å². The summed E-state index contributed by atoms with van der Waals surface area (Å²) in [6.45, 7) is 0. The molecule has 1 aromatic carbocycles. The number of hydrogen-bond acceptors (Lipinski definition) is 6. The lowest BCUT2D eigenvalue weighted by Gasteiger charge is -1.99. The lowest BCUT2D eigenvalue weighted by molar-refractivity contribution is -0.159. The van der Waals surface area contributed by atoms with Gasteiger partial charge in [-0.2, -0.15) is 28.8 Å². The summed E-state index contributed by atoms with van der Waals surface area (Å²) >= 11 is 0. The fourth-order valence-electron chi connectivity index (χ4n) is 1.28. The summed E-state index contributed by atoms with van der Waals surface area (Å²) in [4.78, 5) is 3.25. The Balaban J connectivity index is 2.30. The molecular weight excluding hydrogens is 283 g/mol. The number of benzene rings is 1. The SMILES string of the molecule is C[S-](=O)=Nc1ccc(-c2noc(C(F)(F)F)n2)cc1. The summed E-state index contributed by atoms with van der Waals surface area (Å²) in [7, 11) is -1.35. The van der Waals surface area contributed by atoms with E-state index in [1.54, 1.807) is 0 Å². The number of nitrogens with zero attached hydrogens (tertiary/aromatic N) is 3. The van der Waals surface area contributed by atoms with Crippen LogP contribution in [-0.4, -0.2) is 16.4 Å². The Morgan fingerprint density at radius 1 is 1.26 bits per heavy atom. The van der Waals surface area contributed by atoms with Crippen LogP contribution in [0.5, 0.6) is 0 Å². The topological polar surface area (TPSA) is 68.3 Å². The van der Waals surface area contributed by atoms with Crippen LogP contribution >= 0.6 is 0 Å². The molecule has 0 aliphatic rings. The van der Waals surface area contributed by atoms with Gasteiger partial charge >= 0.3 is 12.1 Å². The Hall–Kier alpha value is -1.90. The van der Waals surface area contributed by atoms with Crippen LogP contribution in [0.25, 0.3) is 11.4 Å². The predicted octanol–water partition coefficient (Wildman–Crippen LogP) is 3.16. The third-order valence-corrected chi connectivity index (χ3v) is 2.50. The molecule has 0 aliphatic carbocycles. The van der Waals surface area contributed by atoms with Crippen LogP contribution < -0.4 is 0 Å². The maximum Gasteiger partial charge on any atom is 0.471 e. The number of rotatable bonds is 2. The molecule has 0 radical (unpaired) electrons. The molecule has 0 atom stereocenters. The maximum absolute atomic E-state index is 12.3. The number of hydrogen-bond donors (Lipinski definition) is 0. The van der Waals surface area contributed by atoms with Crippen molar-refractivity contribution in [3.05, 3.63) is 30.2 Å². The van der Waals surface area contributed by atoms with Gasteiger partial charge in [-0.1, -0.05) is 5.16 Å². The average molecular weight is 290 g/mol. The maximum atomic E-state index is 12.3. The van der Waals surface area contributed by atoms with Crippen molar-refractivity contribution in [3.8, 4) is 11.4 Å². The number of alkyl halides is 3. The van der Waals surface area contributed by atoms with Crippen molar-refractivity contribution in [3.63, 3.8) is 0 Å². The average Bonchev–Trinajstić information content (AvgIpc) is 2.78. The minimum atomic E-state index is -4.67. The van der Waals surface area contributed by atoms with E-state index in [0.29, 0.717) is 11.3 Å². The Labute approximate surface area is 107 Å². The van der Waals surface area contributed by atoms with E-state index >= 15 is 0 Å². The van der Waals surface area contributed by atoms with E-state index in [0.717, 1.165) is 0 Å². The van der Waals surface area contributed by atoms with Gasteiger partial charge in [0.25, 0.3) is 0 Å². The van der Waals surface area contributed by atoms with Gasteiger partial charge in [-0.3, -0.25) is 0 Å².